The first-order valence-electron chi connectivity index (χ1n) is 5.49. The van der Waals surface area contributed by atoms with Crippen molar-refractivity contribution in [1.29, 1.82) is 0 Å². The molecule has 0 aliphatic carbocycles. The molecule has 1 aromatic carbocycles. The van der Waals surface area contributed by atoms with Crippen LogP contribution in [0.1, 0.15) is 6.92 Å². The predicted octanol–water partition coefficient (Wildman–Crippen LogP) is 1.14. The standard InChI is InChI=1S/C12H18N2O3S/c1-10(2)9-14-18(15,16)8-7-17-12-5-3-11(13)4-6-12/h3-6,14H,1,7-9,13H2,2H3. The van der Waals surface area contributed by atoms with Crippen LogP contribution in [0.5, 0.6) is 5.75 Å². The fourth-order valence-electron chi connectivity index (χ4n) is 1.14. The van der Waals surface area contributed by atoms with Crippen molar-refractivity contribution in [3.63, 3.8) is 0 Å². The molecule has 0 aliphatic rings. The molecule has 0 bridgehead atoms. The first-order valence-corrected chi connectivity index (χ1v) is 7.14. The minimum atomic E-state index is -3.32. The van der Waals surface area contributed by atoms with Gasteiger partial charge in [0, 0.05) is 12.2 Å². The molecule has 3 N–H and O–H groups in total. The molecule has 18 heavy (non-hydrogen) atoms. The van der Waals surface area contributed by atoms with E-state index in [0.29, 0.717) is 11.4 Å². The molecule has 0 saturated heterocycles. The van der Waals surface area contributed by atoms with Crippen LogP contribution in [-0.2, 0) is 10.0 Å². The van der Waals surface area contributed by atoms with Gasteiger partial charge in [0.2, 0.25) is 10.0 Å². The summed E-state index contributed by atoms with van der Waals surface area (Å²) >= 11 is 0. The highest BCUT2D eigenvalue weighted by atomic mass is 32.2. The fourth-order valence-corrected chi connectivity index (χ4v) is 2.05. The summed E-state index contributed by atoms with van der Waals surface area (Å²) < 4.78 is 30.8. The van der Waals surface area contributed by atoms with Gasteiger partial charge < -0.3 is 10.5 Å². The summed E-state index contributed by atoms with van der Waals surface area (Å²) in [5.41, 5.74) is 6.92. The lowest BCUT2D eigenvalue weighted by Crippen LogP contribution is -2.30. The molecule has 0 unspecified atom stereocenters. The van der Waals surface area contributed by atoms with E-state index in [2.05, 4.69) is 11.3 Å². The lowest BCUT2D eigenvalue weighted by Gasteiger charge is -2.08. The topological polar surface area (TPSA) is 81.4 Å². The Morgan fingerprint density at radius 3 is 2.56 bits per heavy atom. The maximum atomic E-state index is 11.5. The van der Waals surface area contributed by atoms with Crippen LogP contribution in [0.3, 0.4) is 0 Å². The van der Waals surface area contributed by atoms with Gasteiger partial charge in [0.15, 0.2) is 0 Å². The molecule has 0 atom stereocenters. The van der Waals surface area contributed by atoms with Crippen LogP contribution in [0.15, 0.2) is 36.4 Å². The first kappa shape index (κ1) is 14.5. The average molecular weight is 270 g/mol. The van der Waals surface area contributed by atoms with Gasteiger partial charge in [0.05, 0.1) is 5.75 Å². The largest absolute Gasteiger partial charge is 0.492 e. The molecule has 0 fully saturated rings. The van der Waals surface area contributed by atoms with E-state index < -0.39 is 10.0 Å². The zero-order valence-corrected chi connectivity index (χ0v) is 11.2. The van der Waals surface area contributed by atoms with Crippen molar-refractivity contribution in [2.75, 3.05) is 24.6 Å². The van der Waals surface area contributed by atoms with E-state index in [1.807, 2.05) is 0 Å². The van der Waals surface area contributed by atoms with E-state index in [4.69, 9.17) is 10.5 Å². The monoisotopic (exact) mass is 270 g/mol. The molecule has 0 radical (unpaired) electrons. The van der Waals surface area contributed by atoms with E-state index in [9.17, 15) is 8.42 Å². The van der Waals surface area contributed by atoms with Gasteiger partial charge in [-0.25, -0.2) is 13.1 Å². The van der Waals surface area contributed by atoms with Crippen LogP contribution >= 0.6 is 0 Å². The molecule has 0 heterocycles. The van der Waals surface area contributed by atoms with Crippen molar-refractivity contribution in [2.24, 2.45) is 0 Å². The van der Waals surface area contributed by atoms with Crippen molar-refractivity contribution < 1.29 is 13.2 Å². The molecule has 100 valence electrons. The number of nitrogens with one attached hydrogen (secondary N) is 1. The van der Waals surface area contributed by atoms with E-state index in [1.165, 1.54) is 0 Å². The van der Waals surface area contributed by atoms with Gasteiger partial charge >= 0.3 is 0 Å². The Bertz CT molecular complexity index is 495. The second kappa shape index (κ2) is 6.42. The number of anilines is 1. The Morgan fingerprint density at radius 2 is 2.00 bits per heavy atom. The number of ether oxygens (including phenoxy) is 1. The predicted molar refractivity (Wildman–Crippen MR) is 73.0 cm³/mol. The molecule has 6 heteroatoms. The maximum absolute atomic E-state index is 11.5. The Balaban J connectivity index is 2.37. The molecular formula is C12H18N2O3S. The number of hydrogen-bond donors (Lipinski definition) is 2. The summed E-state index contributed by atoms with van der Waals surface area (Å²) in [4.78, 5) is 0. The number of sulfonamides is 1. The van der Waals surface area contributed by atoms with Crippen molar-refractivity contribution >= 4 is 15.7 Å². The normalized spacial score (nSPS) is 11.2. The second-order valence-corrected chi connectivity index (χ2v) is 5.94. The minimum Gasteiger partial charge on any atom is -0.492 e. The van der Waals surface area contributed by atoms with Crippen molar-refractivity contribution in [1.82, 2.24) is 4.72 Å². The molecule has 0 aliphatic heterocycles. The summed E-state index contributed by atoms with van der Waals surface area (Å²) in [6.07, 6.45) is 0. The summed E-state index contributed by atoms with van der Waals surface area (Å²) in [6.45, 7) is 5.73. The Hall–Kier alpha value is -1.53. The van der Waals surface area contributed by atoms with Gasteiger partial charge in [-0.15, -0.1) is 0 Å². The maximum Gasteiger partial charge on any atom is 0.215 e. The number of hydrogen-bond acceptors (Lipinski definition) is 4. The number of benzene rings is 1. The quantitative estimate of drug-likeness (QED) is 0.575. The summed E-state index contributed by atoms with van der Waals surface area (Å²) in [6, 6.07) is 6.79. The Kier molecular flexibility index (Phi) is 5.18. The molecule has 1 aromatic rings. The van der Waals surface area contributed by atoms with Gasteiger partial charge in [-0.1, -0.05) is 12.2 Å². The van der Waals surface area contributed by atoms with Crippen molar-refractivity contribution in [2.45, 2.75) is 6.92 Å². The first-order chi connectivity index (χ1) is 8.39. The van der Waals surface area contributed by atoms with Crippen LogP contribution in [0.2, 0.25) is 0 Å². The van der Waals surface area contributed by atoms with Crippen molar-refractivity contribution in [3.8, 4) is 5.75 Å². The summed E-state index contributed by atoms with van der Waals surface area (Å²) in [7, 11) is -3.32. The molecule has 1 rings (SSSR count). The number of rotatable bonds is 7. The Labute approximate surface area is 108 Å². The molecule has 0 aromatic heterocycles. The SMILES string of the molecule is C=C(C)CNS(=O)(=O)CCOc1ccc(N)cc1. The zero-order chi connectivity index (χ0) is 13.6. The average Bonchev–Trinajstić information content (AvgIpc) is 2.29. The van der Waals surface area contributed by atoms with Crippen LogP contribution < -0.4 is 15.2 Å². The van der Waals surface area contributed by atoms with Gasteiger partial charge in [-0.3, -0.25) is 0 Å². The number of nitrogens with two attached hydrogens (primary N) is 1. The lowest BCUT2D eigenvalue weighted by molar-refractivity contribution is 0.340. The molecular weight excluding hydrogens is 252 g/mol. The van der Waals surface area contributed by atoms with Gasteiger partial charge in [0.1, 0.15) is 12.4 Å². The molecule has 0 saturated carbocycles. The fraction of sp³-hybridized carbons (Fsp3) is 0.333. The lowest BCUT2D eigenvalue weighted by atomic mass is 10.3. The third-order valence-corrected chi connectivity index (χ3v) is 3.38. The van der Waals surface area contributed by atoms with E-state index >= 15 is 0 Å². The van der Waals surface area contributed by atoms with Crippen LogP contribution in [0, 0.1) is 0 Å². The second-order valence-electron chi connectivity index (χ2n) is 4.01. The van der Waals surface area contributed by atoms with Crippen molar-refractivity contribution in [3.05, 3.63) is 36.4 Å². The van der Waals surface area contributed by atoms with Gasteiger partial charge in [-0.05, 0) is 31.2 Å². The van der Waals surface area contributed by atoms with Crippen LogP contribution in [0.25, 0.3) is 0 Å². The zero-order valence-electron chi connectivity index (χ0n) is 10.3. The molecule has 0 spiro atoms. The molecule has 0 amide bonds. The Morgan fingerprint density at radius 1 is 1.39 bits per heavy atom. The van der Waals surface area contributed by atoms with E-state index in [0.717, 1.165) is 5.57 Å². The van der Waals surface area contributed by atoms with Crippen LogP contribution in [0.4, 0.5) is 5.69 Å². The van der Waals surface area contributed by atoms with Gasteiger partial charge in [-0.2, -0.15) is 0 Å². The smallest absolute Gasteiger partial charge is 0.215 e. The third kappa shape index (κ3) is 5.70. The van der Waals surface area contributed by atoms with E-state index in [1.54, 1.807) is 31.2 Å². The highest BCUT2D eigenvalue weighted by Crippen LogP contribution is 2.12. The number of nitrogen functional groups attached to an aromatic ring is 1. The van der Waals surface area contributed by atoms with E-state index in [-0.39, 0.29) is 18.9 Å². The minimum absolute atomic E-state index is 0.0926. The highest BCUT2D eigenvalue weighted by molar-refractivity contribution is 7.89. The summed E-state index contributed by atoms with van der Waals surface area (Å²) in [5, 5.41) is 0. The van der Waals surface area contributed by atoms with Gasteiger partial charge in [0.25, 0.3) is 0 Å². The molecule has 5 nitrogen and oxygen atoms in total. The highest BCUT2D eigenvalue weighted by Gasteiger charge is 2.09. The third-order valence-electron chi connectivity index (χ3n) is 2.09. The van der Waals surface area contributed by atoms with Crippen LogP contribution in [-0.4, -0.2) is 27.3 Å². The summed E-state index contributed by atoms with van der Waals surface area (Å²) in [5.74, 6) is 0.504.